The van der Waals surface area contributed by atoms with E-state index in [9.17, 15) is 0 Å². The van der Waals surface area contributed by atoms with Crippen molar-refractivity contribution in [2.24, 2.45) is 5.92 Å². The lowest BCUT2D eigenvalue weighted by Gasteiger charge is -2.13. The summed E-state index contributed by atoms with van der Waals surface area (Å²) in [5, 5.41) is 0. The molecule has 1 aromatic carbocycles. The Morgan fingerprint density at radius 3 is 2.11 bits per heavy atom. The van der Waals surface area contributed by atoms with E-state index in [0.717, 1.165) is 5.92 Å². The van der Waals surface area contributed by atoms with Crippen LogP contribution in [0, 0.1) is 26.7 Å². The lowest BCUT2D eigenvalue weighted by molar-refractivity contribution is 0.490. The van der Waals surface area contributed by atoms with Gasteiger partial charge in [-0.3, -0.25) is 0 Å². The lowest BCUT2D eigenvalue weighted by Crippen LogP contribution is -1.97. The first-order chi connectivity index (χ1) is 8.47. The van der Waals surface area contributed by atoms with Crippen LogP contribution in [0.25, 0.3) is 6.08 Å². The maximum absolute atomic E-state index is 2.38. The summed E-state index contributed by atoms with van der Waals surface area (Å²) < 4.78 is 0. The van der Waals surface area contributed by atoms with Crippen LogP contribution in [0.15, 0.2) is 17.7 Å². The fourth-order valence-electron chi connectivity index (χ4n) is 2.50. The van der Waals surface area contributed by atoms with Gasteiger partial charge >= 0.3 is 0 Å². The van der Waals surface area contributed by atoms with E-state index in [4.69, 9.17) is 0 Å². The number of hydrogen-bond acceptors (Lipinski definition) is 0. The second-order valence-electron chi connectivity index (χ2n) is 5.67. The van der Waals surface area contributed by atoms with Gasteiger partial charge in [-0.05, 0) is 62.3 Å². The van der Waals surface area contributed by atoms with Crippen molar-refractivity contribution in [3.63, 3.8) is 0 Å². The van der Waals surface area contributed by atoms with Crippen LogP contribution in [0.5, 0.6) is 0 Å². The predicted molar refractivity (Wildman–Crippen MR) is 83.0 cm³/mol. The van der Waals surface area contributed by atoms with Crippen molar-refractivity contribution in [1.82, 2.24) is 0 Å². The lowest BCUT2D eigenvalue weighted by atomic mass is 9.93. The van der Waals surface area contributed by atoms with Crippen LogP contribution in [-0.4, -0.2) is 0 Å². The Bertz CT molecular complexity index is 420. The van der Waals surface area contributed by atoms with Crippen molar-refractivity contribution in [3.8, 4) is 0 Å². The average molecular weight is 244 g/mol. The Balaban J connectivity index is 2.91. The highest BCUT2D eigenvalue weighted by Crippen LogP contribution is 2.23. The molecule has 0 spiro atoms. The summed E-state index contributed by atoms with van der Waals surface area (Å²) in [5.41, 5.74) is 7.07. The van der Waals surface area contributed by atoms with Gasteiger partial charge in [-0.25, -0.2) is 0 Å². The molecule has 0 nitrogen and oxygen atoms in total. The van der Waals surface area contributed by atoms with E-state index in [-0.39, 0.29) is 0 Å². The third-order valence-electron chi connectivity index (χ3n) is 4.05. The quantitative estimate of drug-likeness (QED) is 0.610. The number of benzene rings is 1. The molecular formula is C18H28. The Morgan fingerprint density at radius 2 is 1.56 bits per heavy atom. The molecule has 0 aliphatic rings. The zero-order valence-corrected chi connectivity index (χ0v) is 12.9. The summed E-state index contributed by atoms with van der Waals surface area (Å²) in [6.45, 7) is 13.5. The van der Waals surface area contributed by atoms with E-state index in [0.29, 0.717) is 0 Å². The van der Waals surface area contributed by atoms with Crippen molar-refractivity contribution in [2.75, 3.05) is 0 Å². The maximum atomic E-state index is 2.38. The van der Waals surface area contributed by atoms with Crippen LogP contribution in [0.1, 0.15) is 62.3 Å². The van der Waals surface area contributed by atoms with E-state index >= 15 is 0 Å². The van der Waals surface area contributed by atoms with Gasteiger partial charge in [-0.2, -0.15) is 0 Å². The molecule has 0 unspecified atom stereocenters. The SMILES string of the molecule is CCC(CC)C/C(C)=C\c1cc(C)c(C)cc1C. The highest BCUT2D eigenvalue weighted by atomic mass is 14.1. The molecule has 100 valence electrons. The van der Waals surface area contributed by atoms with Gasteiger partial charge in [0.1, 0.15) is 0 Å². The molecule has 0 saturated carbocycles. The minimum Gasteiger partial charge on any atom is -0.0724 e. The van der Waals surface area contributed by atoms with Crippen LogP contribution in [-0.2, 0) is 0 Å². The first-order valence-corrected chi connectivity index (χ1v) is 7.22. The molecule has 0 atom stereocenters. The van der Waals surface area contributed by atoms with Gasteiger partial charge in [0.05, 0.1) is 0 Å². The topological polar surface area (TPSA) is 0 Å². The summed E-state index contributed by atoms with van der Waals surface area (Å²) in [4.78, 5) is 0. The standard InChI is InChI=1S/C18H28/c1-7-17(8-2)9-13(3)10-18-12-15(5)14(4)11-16(18)6/h10-12,17H,7-9H2,1-6H3/b13-10-. The number of allylic oxidation sites excluding steroid dienone is 1. The summed E-state index contributed by atoms with van der Waals surface area (Å²) in [7, 11) is 0. The molecule has 0 heterocycles. The summed E-state index contributed by atoms with van der Waals surface area (Å²) in [6, 6.07) is 4.62. The molecule has 0 saturated heterocycles. The van der Waals surface area contributed by atoms with Gasteiger partial charge in [0.2, 0.25) is 0 Å². The minimum absolute atomic E-state index is 0.841. The normalized spacial score (nSPS) is 12.3. The predicted octanol–water partition coefficient (Wildman–Crippen LogP) is 5.84. The van der Waals surface area contributed by atoms with Gasteiger partial charge < -0.3 is 0 Å². The molecular weight excluding hydrogens is 216 g/mol. The molecule has 1 aromatic rings. The largest absolute Gasteiger partial charge is 0.0724 e. The molecule has 0 amide bonds. The van der Waals surface area contributed by atoms with Crippen molar-refractivity contribution in [1.29, 1.82) is 0 Å². The third-order valence-corrected chi connectivity index (χ3v) is 4.05. The fourth-order valence-corrected chi connectivity index (χ4v) is 2.50. The van der Waals surface area contributed by atoms with Crippen molar-refractivity contribution in [2.45, 2.75) is 60.8 Å². The van der Waals surface area contributed by atoms with Gasteiger partial charge in [0.15, 0.2) is 0 Å². The molecule has 0 aliphatic heterocycles. The molecule has 0 aromatic heterocycles. The molecule has 0 N–H and O–H groups in total. The second-order valence-corrected chi connectivity index (χ2v) is 5.67. The highest BCUT2D eigenvalue weighted by molar-refractivity contribution is 5.58. The van der Waals surface area contributed by atoms with E-state index in [1.165, 1.54) is 47.1 Å². The first kappa shape index (κ1) is 15.0. The zero-order valence-electron chi connectivity index (χ0n) is 12.9. The van der Waals surface area contributed by atoms with Crippen LogP contribution in [0.3, 0.4) is 0 Å². The number of hydrogen-bond donors (Lipinski definition) is 0. The Labute approximate surface area is 113 Å². The molecule has 0 bridgehead atoms. The number of aryl methyl sites for hydroxylation is 3. The monoisotopic (exact) mass is 244 g/mol. The average Bonchev–Trinajstić information content (AvgIpc) is 2.33. The summed E-state index contributed by atoms with van der Waals surface area (Å²) in [6.07, 6.45) is 6.18. The van der Waals surface area contributed by atoms with Crippen molar-refractivity contribution in [3.05, 3.63) is 40.0 Å². The maximum Gasteiger partial charge on any atom is -0.0225 e. The zero-order chi connectivity index (χ0) is 13.7. The molecule has 1 rings (SSSR count). The first-order valence-electron chi connectivity index (χ1n) is 7.22. The van der Waals surface area contributed by atoms with E-state index < -0.39 is 0 Å². The Morgan fingerprint density at radius 1 is 1.00 bits per heavy atom. The molecule has 0 aliphatic carbocycles. The van der Waals surface area contributed by atoms with E-state index in [1.54, 1.807) is 0 Å². The van der Waals surface area contributed by atoms with Gasteiger partial charge in [0, 0.05) is 0 Å². The second kappa shape index (κ2) is 6.78. The van der Waals surface area contributed by atoms with Gasteiger partial charge in [-0.1, -0.05) is 50.5 Å². The van der Waals surface area contributed by atoms with Crippen molar-refractivity contribution < 1.29 is 0 Å². The van der Waals surface area contributed by atoms with Crippen LogP contribution in [0.4, 0.5) is 0 Å². The fraction of sp³-hybridized carbons (Fsp3) is 0.556. The smallest absolute Gasteiger partial charge is 0.0225 e. The van der Waals surface area contributed by atoms with Crippen LogP contribution >= 0.6 is 0 Å². The number of rotatable bonds is 5. The summed E-state index contributed by atoms with van der Waals surface area (Å²) >= 11 is 0. The van der Waals surface area contributed by atoms with E-state index in [1.807, 2.05) is 0 Å². The van der Waals surface area contributed by atoms with Crippen molar-refractivity contribution >= 4 is 6.08 Å². The van der Waals surface area contributed by atoms with Crippen LogP contribution < -0.4 is 0 Å². The van der Waals surface area contributed by atoms with Gasteiger partial charge in [0.25, 0.3) is 0 Å². The minimum atomic E-state index is 0.841. The highest BCUT2D eigenvalue weighted by Gasteiger charge is 2.05. The molecule has 0 fully saturated rings. The summed E-state index contributed by atoms with van der Waals surface area (Å²) in [5.74, 6) is 0.841. The van der Waals surface area contributed by atoms with Gasteiger partial charge in [-0.15, -0.1) is 0 Å². The molecule has 18 heavy (non-hydrogen) atoms. The van der Waals surface area contributed by atoms with E-state index in [2.05, 4.69) is 59.8 Å². The van der Waals surface area contributed by atoms with Crippen LogP contribution in [0.2, 0.25) is 0 Å². The molecule has 0 heteroatoms. The Hall–Kier alpha value is -1.04. The molecule has 0 radical (unpaired) electrons. The third kappa shape index (κ3) is 4.01. The Kier molecular flexibility index (Phi) is 5.65.